The Hall–Kier alpha value is -0.790. The second-order valence-electron chi connectivity index (χ2n) is 4.62. The minimum atomic E-state index is -3.96. The topological polar surface area (TPSA) is 132 Å². The Bertz CT molecular complexity index is 595. The third-order valence-corrected chi connectivity index (χ3v) is 3.67. The monoisotopic (exact) mass is 362 g/mol. The van der Waals surface area contributed by atoms with Crippen LogP contribution in [0.15, 0.2) is 0 Å². The smallest absolute Gasteiger partial charge is 0.303 e. The lowest BCUT2D eigenvalue weighted by atomic mass is 10.1. The first kappa shape index (κ1) is 19.3. The molecule has 10 nitrogen and oxygen atoms in total. The van der Waals surface area contributed by atoms with Crippen LogP contribution in [0.25, 0.3) is 0 Å². The highest BCUT2D eigenvalue weighted by Gasteiger charge is 2.47. The fraction of sp³-hybridized carbons (Fsp3) is 0.900. The Labute approximate surface area is 128 Å². The van der Waals surface area contributed by atoms with Crippen LogP contribution in [0.5, 0.6) is 0 Å². The zero-order valence-electron chi connectivity index (χ0n) is 12.4. The van der Waals surface area contributed by atoms with Crippen molar-refractivity contribution in [3.63, 3.8) is 0 Å². The Balaban J connectivity index is 3.13. The molecule has 0 unspecified atom stereocenters. The van der Waals surface area contributed by atoms with Gasteiger partial charge in [-0.2, -0.15) is 16.8 Å². The quantitative estimate of drug-likeness (QED) is 0.411. The lowest BCUT2D eigenvalue weighted by Crippen LogP contribution is -2.57. The molecule has 0 N–H and O–H groups in total. The van der Waals surface area contributed by atoms with Gasteiger partial charge in [-0.25, -0.2) is 0 Å². The van der Waals surface area contributed by atoms with Crippen molar-refractivity contribution in [2.45, 2.75) is 31.5 Å². The van der Waals surface area contributed by atoms with Crippen LogP contribution in [-0.4, -0.2) is 73.6 Å². The minimum Gasteiger partial charge on any atom is -0.457 e. The van der Waals surface area contributed by atoms with E-state index in [0.717, 1.165) is 19.4 Å². The molecule has 22 heavy (non-hydrogen) atoms. The van der Waals surface area contributed by atoms with Gasteiger partial charge in [-0.05, 0) is 0 Å². The summed E-state index contributed by atoms with van der Waals surface area (Å²) < 4.78 is 69.9. The number of esters is 1. The van der Waals surface area contributed by atoms with Crippen LogP contribution in [0, 0.1) is 0 Å². The standard InChI is InChI=1S/C10H18O10S2/c1-6(11)18-8-7(19-21(3,12)13)5-17-10(16-2)9(8)20-22(4,14)15/h7-10H,5H2,1-4H3/t7-,8+,9-,10+/m1/s1. The number of carbonyl (C=O) groups excluding carboxylic acids is 1. The maximum atomic E-state index is 11.4. The van der Waals surface area contributed by atoms with Crippen molar-refractivity contribution < 1.29 is 44.2 Å². The molecule has 0 aliphatic carbocycles. The van der Waals surface area contributed by atoms with E-state index in [9.17, 15) is 21.6 Å². The molecule has 130 valence electrons. The summed E-state index contributed by atoms with van der Waals surface area (Å²) in [6.45, 7) is 0.777. The van der Waals surface area contributed by atoms with Gasteiger partial charge < -0.3 is 14.2 Å². The SMILES string of the molecule is CO[C@H]1OC[C@@H](OS(C)(=O)=O)[C@H](OC(C)=O)[C@H]1OS(C)(=O)=O. The Morgan fingerprint density at radius 3 is 2.00 bits per heavy atom. The molecule has 0 saturated carbocycles. The highest BCUT2D eigenvalue weighted by molar-refractivity contribution is 7.86. The van der Waals surface area contributed by atoms with Gasteiger partial charge in [0.1, 0.15) is 6.10 Å². The Morgan fingerprint density at radius 1 is 1.05 bits per heavy atom. The first-order chi connectivity index (χ1) is 9.93. The van der Waals surface area contributed by atoms with Gasteiger partial charge in [0.05, 0.1) is 19.1 Å². The van der Waals surface area contributed by atoms with E-state index in [0.29, 0.717) is 0 Å². The summed E-state index contributed by atoms with van der Waals surface area (Å²) in [6.07, 6.45) is -3.63. The fourth-order valence-electron chi connectivity index (χ4n) is 1.89. The van der Waals surface area contributed by atoms with Crippen LogP contribution in [0.2, 0.25) is 0 Å². The summed E-state index contributed by atoms with van der Waals surface area (Å²) in [5.41, 5.74) is 0. The largest absolute Gasteiger partial charge is 0.457 e. The molecule has 0 spiro atoms. The molecule has 12 heteroatoms. The van der Waals surface area contributed by atoms with Gasteiger partial charge in [0, 0.05) is 14.0 Å². The zero-order chi connectivity index (χ0) is 17.1. The highest BCUT2D eigenvalue weighted by Crippen LogP contribution is 2.26. The summed E-state index contributed by atoms with van der Waals surface area (Å²) in [5, 5.41) is 0. The predicted molar refractivity (Wildman–Crippen MR) is 71.7 cm³/mol. The molecule has 0 bridgehead atoms. The number of ether oxygens (including phenoxy) is 3. The molecule has 0 aromatic carbocycles. The van der Waals surface area contributed by atoms with Crippen LogP contribution in [0.3, 0.4) is 0 Å². The molecule has 1 aliphatic heterocycles. The van der Waals surface area contributed by atoms with Gasteiger partial charge in [-0.3, -0.25) is 13.2 Å². The molecule has 4 atom stereocenters. The van der Waals surface area contributed by atoms with Crippen molar-refractivity contribution in [2.75, 3.05) is 26.2 Å². The maximum absolute atomic E-state index is 11.4. The fourth-order valence-corrected chi connectivity index (χ4v) is 3.11. The molecule has 0 aromatic rings. The third-order valence-electron chi connectivity index (χ3n) is 2.50. The van der Waals surface area contributed by atoms with Gasteiger partial charge >= 0.3 is 5.97 Å². The van der Waals surface area contributed by atoms with E-state index in [4.69, 9.17) is 22.6 Å². The van der Waals surface area contributed by atoms with Crippen LogP contribution >= 0.6 is 0 Å². The maximum Gasteiger partial charge on any atom is 0.303 e. The van der Waals surface area contributed by atoms with Gasteiger partial charge in [0.2, 0.25) is 0 Å². The van der Waals surface area contributed by atoms with Crippen LogP contribution in [0.4, 0.5) is 0 Å². The number of carbonyl (C=O) groups is 1. The number of rotatable bonds is 6. The third kappa shape index (κ3) is 6.14. The summed E-state index contributed by atoms with van der Waals surface area (Å²) in [6, 6.07) is 0. The van der Waals surface area contributed by atoms with E-state index in [1.807, 2.05) is 0 Å². The number of hydrogen-bond acceptors (Lipinski definition) is 10. The molecule has 0 radical (unpaired) electrons. The van der Waals surface area contributed by atoms with Crippen molar-refractivity contribution in [1.29, 1.82) is 0 Å². The van der Waals surface area contributed by atoms with E-state index in [1.54, 1.807) is 0 Å². The van der Waals surface area contributed by atoms with E-state index >= 15 is 0 Å². The van der Waals surface area contributed by atoms with E-state index in [2.05, 4.69) is 0 Å². The predicted octanol–water partition coefficient (Wildman–Crippen LogP) is -1.39. The van der Waals surface area contributed by atoms with Gasteiger partial charge in [0.15, 0.2) is 18.5 Å². The first-order valence-corrected chi connectivity index (χ1v) is 9.64. The Kier molecular flexibility index (Phi) is 6.29. The van der Waals surface area contributed by atoms with E-state index in [1.165, 1.54) is 7.11 Å². The molecular weight excluding hydrogens is 344 g/mol. The molecule has 1 saturated heterocycles. The lowest BCUT2D eigenvalue weighted by Gasteiger charge is -2.39. The second-order valence-corrected chi connectivity index (χ2v) is 7.82. The van der Waals surface area contributed by atoms with Crippen molar-refractivity contribution >= 4 is 26.2 Å². The van der Waals surface area contributed by atoms with Crippen LogP contribution in [0.1, 0.15) is 6.92 Å². The minimum absolute atomic E-state index is 0.298. The Morgan fingerprint density at radius 2 is 1.59 bits per heavy atom. The van der Waals surface area contributed by atoms with Crippen molar-refractivity contribution in [1.82, 2.24) is 0 Å². The average molecular weight is 362 g/mol. The van der Waals surface area contributed by atoms with E-state index < -0.39 is 50.8 Å². The molecule has 1 rings (SSSR count). The summed E-state index contributed by atoms with van der Waals surface area (Å²) in [4.78, 5) is 11.2. The number of methoxy groups -OCH3 is 1. The average Bonchev–Trinajstić information content (AvgIpc) is 2.29. The first-order valence-electron chi connectivity index (χ1n) is 6.01. The second kappa shape index (κ2) is 7.19. The molecule has 0 amide bonds. The molecule has 1 aliphatic rings. The van der Waals surface area contributed by atoms with Crippen molar-refractivity contribution in [2.24, 2.45) is 0 Å². The molecule has 1 fully saturated rings. The molecular formula is C10H18O10S2. The lowest BCUT2D eigenvalue weighted by molar-refractivity contribution is -0.254. The summed E-state index contributed by atoms with van der Waals surface area (Å²) in [5.74, 6) is -0.772. The van der Waals surface area contributed by atoms with Gasteiger partial charge in [0.25, 0.3) is 20.2 Å². The van der Waals surface area contributed by atoms with Gasteiger partial charge in [-0.1, -0.05) is 0 Å². The summed E-state index contributed by atoms with van der Waals surface area (Å²) in [7, 11) is -6.63. The highest BCUT2D eigenvalue weighted by atomic mass is 32.2. The van der Waals surface area contributed by atoms with Crippen LogP contribution in [-0.2, 0) is 47.6 Å². The zero-order valence-corrected chi connectivity index (χ0v) is 14.0. The van der Waals surface area contributed by atoms with Crippen LogP contribution < -0.4 is 0 Å². The van der Waals surface area contributed by atoms with E-state index in [-0.39, 0.29) is 6.61 Å². The van der Waals surface area contributed by atoms with Crippen molar-refractivity contribution in [3.8, 4) is 0 Å². The van der Waals surface area contributed by atoms with Gasteiger partial charge in [-0.15, -0.1) is 0 Å². The van der Waals surface area contributed by atoms with Crippen molar-refractivity contribution in [3.05, 3.63) is 0 Å². The molecule has 1 heterocycles. The molecule has 0 aromatic heterocycles. The number of hydrogen-bond donors (Lipinski definition) is 0. The summed E-state index contributed by atoms with van der Waals surface area (Å²) >= 11 is 0. The normalized spacial score (nSPS) is 30.0.